The highest BCUT2D eigenvalue weighted by Crippen LogP contribution is 2.28. The average molecular weight is 389 g/mol. The Bertz CT molecular complexity index is 1150. The summed E-state index contributed by atoms with van der Waals surface area (Å²) < 4.78 is 27.0. The van der Waals surface area contributed by atoms with Gasteiger partial charge in [-0.1, -0.05) is 6.92 Å². The van der Waals surface area contributed by atoms with Crippen molar-refractivity contribution >= 4 is 32.7 Å². The first-order valence-electron chi connectivity index (χ1n) is 7.95. The third-order valence-corrected chi connectivity index (χ3v) is 5.81. The summed E-state index contributed by atoms with van der Waals surface area (Å²) in [5.41, 5.74) is 1.02. The van der Waals surface area contributed by atoms with Gasteiger partial charge in [0.1, 0.15) is 0 Å². The molecule has 0 radical (unpaired) electrons. The van der Waals surface area contributed by atoms with Gasteiger partial charge in [0.15, 0.2) is 5.65 Å². The Morgan fingerprint density at radius 1 is 1.22 bits per heavy atom. The first-order chi connectivity index (χ1) is 12.8. The first-order valence-corrected chi connectivity index (χ1v) is 9.39. The number of carbonyl (C=O) groups is 1. The van der Waals surface area contributed by atoms with Gasteiger partial charge in [0.05, 0.1) is 16.2 Å². The van der Waals surface area contributed by atoms with Gasteiger partial charge in [-0.05, 0) is 35.7 Å². The highest BCUT2D eigenvalue weighted by atomic mass is 32.2. The number of non-ortho nitro benzene ring substituents is 1. The number of aromatic nitrogens is 2. The van der Waals surface area contributed by atoms with Gasteiger partial charge in [-0.2, -0.15) is 0 Å². The van der Waals surface area contributed by atoms with Crippen LogP contribution in [0.15, 0.2) is 47.6 Å². The van der Waals surface area contributed by atoms with Gasteiger partial charge in [-0.25, -0.2) is 17.4 Å². The highest BCUT2D eigenvalue weighted by molar-refractivity contribution is 7.90. The molecule has 3 aromatic rings. The van der Waals surface area contributed by atoms with E-state index in [0.717, 1.165) is 33.8 Å². The molecule has 1 aromatic carbocycles. The topological polar surface area (TPSA) is 132 Å². The molecule has 9 nitrogen and oxygen atoms in total. The molecule has 140 valence electrons. The zero-order chi connectivity index (χ0) is 19.8. The normalized spacial score (nSPS) is 11.6. The van der Waals surface area contributed by atoms with Crippen LogP contribution in [0.2, 0.25) is 0 Å². The summed E-state index contributed by atoms with van der Waals surface area (Å²) in [5.74, 6) is -1.09. The van der Waals surface area contributed by atoms with Crippen molar-refractivity contribution < 1.29 is 23.2 Å². The van der Waals surface area contributed by atoms with Gasteiger partial charge in [-0.3, -0.25) is 14.9 Å². The second-order valence-corrected chi connectivity index (χ2v) is 7.61. The van der Waals surface area contributed by atoms with Crippen LogP contribution < -0.4 is 0 Å². The number of fused-ring (bicyclic) bond motifs is 1. The van der Waals surface area contributed by atoms with Crippen LogP contribution in [0.5, 0.6) is 0 Å². The molecule has 2 aromatic heterocycles. The molecule has 3 rings (SSSR count). The maximum absolute atomic E-state index is 13.0. The molecule has 0 spiro atoms. The standard InChI is InChI=1S/C17H15N3O6S/c1-2-11-7-8-18-17-16(11)12(9-15(21)22)10-19(17)27(25,26)14-5-3-13(4-6-14)20(23)24/h3-8,10H,2,9H2,1H3,(H,21,22). The van der Waals surface area contributed by atoms with Crippen molar-refractivity contribution in [2.45, 2.75) is 24.7 Å². The first kappa shape index (κ1) is 18.5. The largest absolute Gasteiger partial charge is 0.481 e. The summed E-state index contributed by atoms with van der Waals surface area (Å²) in [4.78, 5) is 25.3. The average Bonchev–Trinajstić information content (AvgIpc) is 3.00. The smallest absolute Gasteiger partial charge is 0.307 e. The number of hydrogen-bond acceptors (Lipinski definition) is 6. The SMILES string of the molecule is CCc1ccnc2c1c(CC(=O)O)cn2S(=O)(=O)c1ccc([N+](=O)[O-])cc1. The van der Waals surface area contributed by atoms with E-state index in [4.69, 9.17) is 5.11 Å². The van der Waals surface area contributed by atoms with Gasteiger partial charge in [-0.15, -0.1) is 0 Å². The van der Waals surface area contributed by atoms with Crippen molar-refractivity contribution in [2.75, 3.05) is 0 Å². The minimum absolute atomic E-state index is 0.129. The number of hydrogen-bond donors (Lipinski definition) is 1. The predicted octanol–water partition coefficient (Wildman–Crippen LogP) is 2.37. The van der Waals surface area contributed by atoms with E-state index >= 15 is 0 Å². The van der Waals surface area contributed by atoms with Crippen molar-refractivity contribution in [3.63, 3.8) is 0 Å². The zero-order valence-corrected chi connectivity index (χ0v) is 15.0. The number of nitro groups is 1. The number of rotatable bonds is 6. The molecule has 1 N–H and O–H groups in total. The van der Waals surface area contributed by atoms with E-state index in [9.17, 15) is 23.3 Å². The molecule has 0 fully saturated rings. The Kier molecular flexibility index (Phi) is 4.66. The van der Waals surface area contributed by atoms with Gasteiger partial charge < -0.3 is 5.11 Å². The molecule has 0 aliphatic heterocycles. The Morgan fingerprint density at radius 2 is 1.89 bits per heavy atom. The minimum atomic E-state index is -4.11. The van der Waals surface area contributed by atoms with E-state index in [2.05, 4.69) is 4.98 Å². The van der Waals surface area contributed by atoms with Crippen LogP contribution in [-0.2, 0) is 27.7 Å². The molecule has 0 aliphatic carbocycles. The molecule has 0 unspecified atom stereocenters. The number of carboxylic acids is 1. The van der Waals surface area contributed by atoms with E-state index in [1.54, 1.807) is 6.07 Å². The number of nitrogens with zero attached hydrogens (tertiary/aromatic N) is 3. The summed E-state index contributed by atoms with van der Waals surface area (Å²) in [6, 6.07) is 6.19. The fourth-order valence-corrected chi connectivity index (χ4v) is 4.24. The molecular weight excluding hydrogens is 374 g/mol. The summed E-state index contributed by atoms with van der Waals surface area (Å²) in [6.07, 6.45) is 2.94. The molecule has 0 amide bonds. The third kappa shape index (κ3) is 3.26. The summed E-state index contributed by atoms with van der Waals surface area (Å²) in [6.45, 7) is 1.88. The number of pyridine rings is 1. The maximum Gasteiger partial charge on any atom is 0.307 e. The Hall–Kier alpha value is -3.27. The summed E-state index contributed by atoms with van der Waals surface area (Å²) in [5, 5.41) is 20.4. The second kappa shape index (κ2) is 6.80. The molecular formula is C17H15N3O6S. The van der Waals surface area contributed by atoms with Crippen LogP contribution in [0.25, 0.3) is 11.0 Å². The Morgan fingerprint density at radius 3 is 2.44 bits per heavy atom. The molecule has 2 heterocycles. The summed E-state index contributed by atoms with van der Waals surface area (Å²) in [7, 11) is -4.11. The number of benzene rings is 1. The lowest BCUT2D eigenvalue weighted by Crippen LogP contribution is -2.12. The van der Waals surface area contributed by atoms with Crippen molar-refractivity contribution in [1.82, 2.24) is 8.96 Å². The van der Waals surface area contributed by atoms with Crippen molar-refractivity contribution in [1.29, 1.82) is 0 Å². The molecule has 0 atom stereocenters. The minimum Gasteiger partial charge on any atom is -0.481 e. The van der Waals surface area contributed by atoms with E-state index in [1.165, 1.54) is 12.4 Å². The van der Waals surface area contributed by atoms with Crippen LogP contribution in [0.1, 0.15) is 18.1 Å². The lowest BCUT2D eigenvalue weighted by atomic mass is 10.1. The van der Waals surface area contributed by atoms with Crippen LogP contribution in [0.3, 0.4) is 0 Å². The van der Waals surface area contributed by atoms with Crippen LogP contribution in [-0.4, -0.2) is 33.4 Å². The fraction of sp³-hybridized carbons (Fsp3) is 0.176. The van der Waals surface area contributed by atoms with Gasteiger partial charge in [0, 0.05) is 29.9 Å². The zero-order valence-electron chi connectivity index (χ0n) is 14.2. The highest BCUT2D eigenvalue weighted by Gasteiger charge is 2.24. The van der Waals surface area contributed by atoms with Crippen molar-refractivity contribution in [3.8, 4) is 0 Å². The third-order valence-electron chi connectivity index (χ3n) is 4.15. The van der Waals surface area contributed by atoms with E-state index in [0.29, 0.717) is 17.4 Å². The molecule has 0 saturated heterocycles. The number of aliphatic carboxylic acids is 1. The van der Waals surface area contributed by atoms with E-state index in [-0.39, 0.29) is 22.7 Å². The number of nitro benzene ring substituents is 1. The Labute approximate surface area is 154 Å². The number of aryl methyl sites for hydroxylation is 1. The van der Waals surface area contributed by atoms with Gasteiger partial charge >= 0.3 is 5.97 Å². The molecule has 0 bridgehead atoms. The van der Waals surface area contributed by atoms with Gasteiger partial charge in [0.2, 0.25) is 0 Å². The van der Waals surface area contributed by atoms with Crippen molar-refractivity contribution in [3.05, 3.63) is 64.0 Å². The van der Waals surface area contributed by atoms with Crippen molar-refractivity contribution in [2.24, 2.45) is 0 Å². The van der Waals surface area contributed by atoms with Crippen LogP contribution >= 0.6 is 0 Å². The lowest BCUT2D eigenvalue weighted by Gasteiger charge is -2.07. The van der Waals surface area contributed by atoms with Gasteiger partial charge in [0.25, 0.3) is 15.7 Å². The number of carboxylic acid groups (broad SMARTS) is 1. The van der Waals surface area contributed by atoms with E-state index in [1.807, 2.05) is 6.92 Å². The molecule has 0 aliphatic rings. The predicted molar refractivity (Wildman–Crippen MR) is 96.1 cm³/mol. The molecule has 27 heavy (non-hydrogen) atoms. The maximum atomic E-state index is 13.0. The van der Waals surface area contributed by atoms with Crippen LogP contribution in [0, 0.1) is 10.1 Å². The quantitative estimate of drug-likeness (QED) is 0.505. The Balaban J connectivity index is 2.23. The van der Waals surface area contributed by atoms with E-state index < -0.39 is 20.9 Å². The lowest BCUT2D eigenvalue weighted by molar-refractivity contribution is -0.384. The van der Waals surface area contributed by atoms with Crippen LogP contribution in [0.4, 0.5) is 5.69 Å². The monoisotopic (exact) mass is 389 g/mol. The second-order valence-electron chi connectivity index (χ2n) is 5.80. The fourth-order valence-electron chi connectivity index (χ4n) is 2.90. The molecule has 0 saturated carbocycles. The molecule has 10 heteroatoms. The summed E-state index contributed by atoms with van der Waals surface area (Å²) >= 11 is 0.